The van der Waals surface area contributed by atoms with E-state index < -0.39 is 5.91 Å². The second kappa shape index (κ2) is 4.54. The van der Waals surface area contributed by atoms with Crippen molar-refractivity contribution in [2.24, 2.45) is 5.73 Å². The summed E-state index contributed by atoms with van der Waals surface area (Å²) >= 11 is 5.94. The molecule has 0 bridgehead atoms. The van der Waals surface area contributed by atoms with Gasteiger partial charge in [-0.05, 0) is 30.3 Å². The van der Waals surface area contributed by atoms with Crippen molar-refractivity contribution in [3.8, 4) is 11.5 Å². The van der Waals surface area contributed by atoms with Crippen LogP contribution in [0.4, 0.5) is 5.69 Å². The number of nitrogen functional groups attached to an aromatic ring is 1. The Labute approximate surface area is 119 Å². The first-order chi connectivity index (χ1) is 9.54. The minimum atomic E-state index is -0.615. The van der Waals surface area contributed by atoms with E-state index in [1.807, 2.05) is 6.07 Å². The summed E-state index contributed by atoms with van der Waals surface area (Å²) in [5, 5.41) is 0.569. The number of benzene rings is 2. The van der Waals surface area contributed by atoms with Gasteiger partial charge >= 0.3 is 0 Å². The smallest absolute Gasteiger partial charge is 0.252 e. The highest BCUT2D eigenvalue weighted by Crippen LogP contribution is 2.29. The first kappa shape index (κ1) is 12.5. The predicted molar refractivity (Wildman–Crippen MR) is 77.4 cm³/mol. The maximum atomic E-state index is 11.4. The van der Waals surface area contributed by atoms with E-state index in [1.54, 1.807) is 24.3 Å². The highest BCUT2D eigenvalue weighted by molar-refractivity contribution is 6.30. The molecule has 0 saturated heterocycles. The van der Waals surface area contributed by atoms with Gasteiger partial charge in [0.1, 0.15) is 5.52 Å². The van der Waals surface area contributed by atoms with Crippen molar-refractivity contribution in [2.75, 3.05) is 5.73 Å². The zero-order valence-electron chi connectivity index (χ0n) is 10.3. The normalized spacial score (nSPS) is 10.8. The first-order valence-corrected chi connectivity index (χ1v) is 6.18. The van der Waals surface area contributed by atoms with Crippen LogP contribution in [0.2, 0.25) is 5.02 Å². The van der Waals surface area contributed by atoms with Gasteiger partial charge in [0.05, 0.1) is 5.56 Å². The molecule has 3 rings (SSSR count). The summed E-state index contributed by atoms with van der Waals surface area (Å²) in [5.74, 6) is -0.258. The lowest BCUT2D eigenvalue weighted by Gasteiger charge is -1.98. The van der Waals surface area contributed by atoms with Crippen LogP contribution in [0.1, 0.15) is 10.4 Å². The third-order valence-electron chi connectivity index (χ3n) is 2.85. The van der Waals surface area contributed by atoms with Gasteiger partial charge in [-0.1, -0.05) is 17.7 Å². The second-order valence-corrected chi connectivity index (χ2v) is 4.75. The minimum absolute atomic E-state index is 0.209. The van der Waals surface area contributed by atoms with Crippen LogP contribution in [0, 0.1) is 0 Å². The fraction of sp³-hybridized carbons (Fsp3) is 0. The Balaban J connectivity index is 2.25. The molecule has 0 saturated carbocycles. The fourth-order valence-corrected chi connectivity index (χ4v) is 2.17. The van der Waals surface area contributed by atoms with Crippen molar-refractivity contribution in [2.45, 2.75) is 0 Å². The summed E-state index contributed by atoms with van der Waals surface area (Å²) in [6.45, 7) is 0. The third-order valence-corrected chi connectivity index (χ3v) is 3.08. The average molecular weight is 288 g/mol. The molecule has 6 heteroatoms. The maximum Gasteiger partial charge on any atom is 0.252 e. The third kappa shape index (κ3) is 2.08. The molecule has 0 spiro atoms. The first-order valence-electron chi connectivity index (χ1n) is 5.80. The quantitative estimate of drug-likeness (QED) is 0.708. The Kier molecular flexibility index (Phi) is 2.84. The molecular formula is C14H10ClN3O2. The molecule has 5 nitrogen and oxygen atoms in total. The Morgan fingerprint density at radius 3 is 2.75 bits per heavy atom. The molecule has 0 unspecified atom stereocenters. The highest BCUT2D eigenvalue weighted by Gasteiger charge is 2.16. The summed E-state index contributed by atoms with van der Waals surface area (Å²) in [6, 6.07) is 10.2. The molecule has 0 fully saturated rings. The summed E-state index contributed by atoms with van der Waals surface area (Å²) in [6.07, 6.45) is 0. The second-order valence-electron chi connectivity index (χ2n) is 4.31. The number of carbonyl (C=O) groups is 1. The van der Waals surface area contributed by atoms with Gasteiger partial charge < -0.3 is 15.9 Å². The van der Waals surface area contributed by atoms with Crippen molar-refractivity contribution < 1.29 is 9.21 Å². The number of nitrogens with two attached hydrogens (primary N) is 2. The van der Waals surface area contributed by atoms with E-state index in [9.17, 15) is 4.79 Å². The van der Waals surface area contributed by atoms with Gasteiger partial charge in [-0.3, -0.25) is 4.79 Å². The van der Waals surface area contributed by atoms with Crippen LogP contribution in [-0.2, 0) is 0 Å². The van der Waals surface area contributed by atoms with E-state index in [4.69, 9.17) is 27.5 Å². The van der Waals surface area contributed by atoms with E-state index in [0.717, 1.165) is 0 Å². The van der Waals surface area contributed by atoms with Crippen LogP contribution < -0.4 is 11.5 Å². The molecule has 4 N–H and O–H groups in total. The molecule has 100 valence electrons. The summed E-state index contributed by atoms with van der Waals surface area (Å²) in [4.78, 5) is 15.7. The summed E-state index contributed by atoms with van der Waals surface area (Å²) in [7, 11) is 0. The van der Waals surface area contributed by atoms with E-state index in [-0.39, 0.29) is 5.56 Å². The van der Waals surface area contributed by atoms with Gasteiger partial charge in [-0.2, -0.15) is 0 Å². The molecule has 1 aromatic heterocycles. The predicted octanol–water partition coefficient (Wildman–Crippen LogP) is 2.83. The zero-order chi connectivity index (χ0) is 14.3. The Bertz CT molecular complexity index is 826. The van der Waals surface area contributed by atoms with Crippen molar-refractivity contribution >= 4 is 34.3 Å². The van der Waals surface area contributed by atoms with Gasteiger partial charge in [0.15, 0.2) is 5.58 Å². The van der Waals surface area contributed by atoms with E-state index in [2.05, 4.69) is 4.98 Å². The Morgan fingerprint density at radius 1 is 1.25 bits per heavy atom. The zero-order valence-corrected chi connectivity index (χ0v) is 11.0. The molecule has 0 aliphatic carbocycles. The largest absolute Gasteiger partial charge is 0.435 e. The van der Waals surface area contributed by atoms with E-state index >= 15 is 0 Å². The number of carbonyl (C=O) groups excluding carboxylic acids is 1. The molecule has 1 amide bonds. The number of nitrogens with zero attached hydrogens (tertiary/aromatic N) is 1. The molecule has 0 aliphatic heterocycles. The fourth-order valence-electron chi connectivity index (χ4n) is 1.98. The topological polar surface area (TPSA) is 95.1 Å². The molecule has 1 heterocycles. The average Bonchev–Trinajstić information content (AvgIpc) is 2.81. The van der Waals surface area contributed by atoms with Crippen LogP contribution in [-0.4, -0.2) is 10.9 Å². The lowest BCUT2D eigenvalue weighted by molar-refractivity contribution is 0.100. The number of fused-ring (bicyclic) bond motifs is 1. The number of aromatic nitrogens is 1. The van der Waals surface area contributed by atoms with Crippen molar-refractivity contribution in [3.63, 3.8) is 0 Å². The molecular weight excluding hydrogens is 278 g/mol. The van der Waals surface area contributed by atoms with Crippen LogP contribution in [0.25, 0.3) is 22.6 Å². The monoisotopic (exact) mass is 287 g/mol. The van der Waals surface area contributed by atoms with Gasteiger partial charge in [-0.15, -0.1) is 0 Å². The van der Waals surface area contributed by atoms with E-state index in [1.165, 1.54) is 6.07 Å². The van der Waals surface area contributed by atoms with Gasteiger partial charge in [0, 0.05) is 16.3 Å². The van der Waals surface area contributed by atoms with E-state index in [0.29, 0.717) is 33.3 Å². The lowest BCUT2D eigenvalue weighted by Crippen LogP contribution is -2.11. The van der Waals surface area contributed by atoms with Crippen LogP contribution >= 0.6 is 11.6 Å². The minimum Gasteiger partial charge on any atom is -0.435 e. The number of anilines is 1. The van der Waals surface area contributed by atoms with Gasteiger partial charge in [-0.25, -0.2) is 4.98 Å². The molecule has 0 aliphatic rings. The molecule has 20 heavy (non-hydrogen) atoms. The van der Waals surface area contributed by atoms with Crippen LogP contribution in [0.5, 0.6) is 0 Å². The maximum absolute atomic E-state index is 11.4. The standard InChI is InChI=1S/C14H10ClN3O2/c15-8-3-1-2-7(4-8)14-18-11-6-9(16)5-10(13(17)19)12(11)20-14/h1-6H,16H2,(H2,17,19). The number of amides is 1. The number of primary amides is 1. The number of halogens is 1. The molecule has 0 radical (unpaired) electrons. The summed E-state index contributed by atoms with van der Waals surface area (Å²) in [5.41, 5.74) is 13.2. The van der Waals surface area contributed by atoms with Crippen molar-refractivity contribution in [1.29, 1.82) is 0 Å². The lowest BCUT2D eigenvalue weighted by atomic mass is 10.1. The molecule has 2 aromatic carbocycles. The Hall–Kier alpha value is -2.53. The Morgan fingerprint density at radius 2 is 2.05 bits per heavy atom. The number of hydrogen-bond acceptors (Lipinski definition) is 4. The molecule has 3 aromatic rings. The molecule has 0 atom stereocenters. The van der Waals surface area contributed by atoms with Gasteiger partial charge in [0.2, 0.25) is 5.89 Å². The number of hydrogen-bond donors (Lipinski definition) is 2. The highest BCUT2D eigenvalue weighted by atomic mass is 35.5. The number of oxazole rings is 1. The van der Waals surface area contributed by atoms with Crippen molar-refractivity contribution in [3.05, 3.63) is 47.0 Å². The van der Waals surface area contributed by atoms with Gasteiger partial charge in [0.25, 0.3) is 5.91 Å². The van der Waals surface area contributed by atoms with Crippen molar-refractivity contribution in [1.82, 2.24) is 4.98 Å². The van der Waals surface area contributed by atoms with Crippen LogP contribution in [0.15, 0.2) is 40.8 Å². The van der Waals surface area contributed by atoms with Crippen LogP contribution in [0.3, 0.4) is 0 Å². The SMILES string of the molecule is NC(=O)c1cc(N)cc2nc(-c3cccc(Cl)c3)oc12. The number of rotatable bonds is 2. The summed E-state index contributed by atoms with van der Waals surface area (Å²) < 4.78 is 5.63.